The molecule has 3 fully saturated rings. The largest absolute Gasteiger partial charge is 0.508 e. The van der Waals surface area contributed by atoms with Crippen LogP contribution in [0.5, 0.6) is 5.75 Å². The van der Waals surface area contributed by atoms with E-state index < -0.39 is 0 Å². The van der Waals surface area contributed by atoms with E-state index in [0.717, 1.165) is 42.0 Å². The van der Waals surface area contributed by atoms with Gasteiger partial charge < -0.3 is 14.9 Å². The maximum absolute atomic E-state index is 10.3. The molecule has 2 saturated heterocycles. The van der Waals surface area contributed by atoms with Crippen LogP contribution in [-0.4, -0.2) is 74.7 Å². The minimum atomic E-state index is -0.0579. The first-order chi connectivity index (χ1) is 30.2. The molecular weight excluding hydrogens is 781 g/mol. The van der Waals surface area contributed by atoms with Gasteiger partial charge in [0.25, 0.3) is 0 Å². The fraction of sp³-hybridized carbons (Fsp3) is 0.426. The highest BCUT2D eigenvalue weighted by Gasteiger charge is 2.36. The van der Waals surface area contributed by atoms with Crippen molar-refractivity contribution in [2.75, 3.05) is 39.3 Å². The van der Waals surface area contributed by atoms with Gasteiger partial charge in [0.05, 0.1) is 5.71 Å². The number of likely N-dealkylation sites (tertiary alicyclic amines) is 2. The second-order valence-electron chi connectivity index (χ2n) is 19.5. The molecule has 5 heterocycles. The summed E-state index contributed by atoms with van der Waals surface area (Å²) in [5.41, 5.74) is 13.2. The van der Waals surface area contributed by atoms with Gasteiger partial charge >= 0.3 is 0 Å². The number of aryl methyl sites for hydroxylation is 3. The van der Waals surface area contributed by atoms with Crippen molar-refractivity contribution in [3.05, 3.63) is 164 Å². The van der Waals surface area contributed by atoms with Crippen LogP contribution in [0.2, 0.25) is 0 Å². The fourth-order valence-corrected chi connectivity index (χ4v) is 13.0. The molecule has 3 aliphatic heterocycles. The van der Waals surface area contributed by atoms with Gasteiger partial charge in [-0.1, -0.05) is 84.9 Å². The minimum Gasteiger partial charge on any atom is -0.508 e. The highest BCUT2D eigenvalue weighted by atomic mass is 32.1. The lowest BCUT2D eigenvalue weighted by Crippen LogP contribution is -2.48. The Labute approximate surface area is 371 Å². The molecule has 0 spiro atoms. The lowest BCUT2D eigenvalue weighted by atomic mass is 9.69. The number of phenols is 1. The number of rotatable bonds is 9. The number of aromatic hydroxyl groups is 1. The molecule has 0 amide bonds. The molecule has 0 unspecified atom stereocenters. The molecule has 62 heavy (non-hydrogen) atoms. The summed E-state index contributed by atoms with van der Waals surface area (Å²) in [6.45, 7) is 15.9. The maximum Gasteiger partial charge on any atom is 0.162 e. The Bertz CT molecular complexity index is 2590. The zero-order chi connectivity index (χ0) is 42.1. The SMILES string of the molecule is Cc1sc2c(c1C)C(c1ccc(C3CN(CC4CCC(CN5CC(c6ccc([C@@H]7c8ccc(O)cc8CC[C@@H]7c7ccccc7)cc6)C5)CC4)C3)cc1)=N[C@@H](C)c1nnc(C)n1-2. The van der Waals surface area contributed by atoms with Gasteiger partial charge in [0.1, 0.15) is 22.6 Å². The van der Waals surface area contributed by atoms with Crippen LogP contribution in [0.25, 0.3) is 5.00 Å². The Hall–Kier alpha value is -4.89. The summed E-state index contributed by atoms with van der Waals surface area (Å²) < 4.78 is 2.22. The second kappa shape index (κ2) is 16.3. The van der Waals surface area contributed by atoms with E-state index in [2.05, 4.69) is 130 Å². The van der Waals surface area contributed by atoms with Gasteiger partial charge in [-0.25, -0.2) is 0 Å². The van der Waals surface area contributed by atoms with Crippen LogP contribution in [0.3, 0.4) is 0 Å². The number of aromatic nitrogens is 3. The predicted octanol–water partition coefficient (Wildman–Crippen LogP) is 11.0. The number of benzene rings is 4. The summed E-state index contributed by atoms with van der Waals surface area (Å²) >= 11 is 1.82. The molecule has 2 aromatic heterocycles. The molecule has 7 nitrogen and oxygen atoms in total. The molecule has 11 rings (SSSR count). The molecule has 1 N–H and O–H groups in total. The van der Waals surface area contributed by atoms with E-state index in [-0.39, 0.29) is 6.04 Å². The second-order valence-corrected chi connectivity index (χ2v) is 20.7. The van der Waals surface area contributed by atoms with Gasteiger partial charge in [-0.05, 0) is 135 Å². The van der Waals surface area contributed by atoms with Gasteiger partial charge in [-0.3, -0.25) is 9.56 Å². The summed E-state index contributed by atoms with van der Waals surface area (Å²) in [5.74, 6) is 5.92. The predicted molar refractivity (Wildman–Crippen MR) is 252 cm³/mol. The first-order valence-corrected chi connectivity index (χ1v) is 24.2. The molecule has 8 heteroatoms. The topological polar surface area (TPSA) is 69.8 Å². The van der Waals surface area contributed by atoms with Crippen LogP contribution in [0, 0.1) is 32.6 Å². The number of fused-ring (bicyclic) bond motifs is 4. The molecule has 3 atom stereocenters. The first kappa shape index (κ1) is 39.9. The molecule has 4 aromatic carbocycles. The maximum atomic E-state index is 10.3. The van der Waals surface area contributed by atoms with Crippen LogP contribution in [0.1, 0.15) is 135 Å². The molecule has 2 aliphatic carbocycles. The average molecular weight is 841 g/mol. The summed E-state index contributed by atoms with van der Waals surface area (Å²) in [4.78, 5) is 12.0. The van der Waals surface area contributed by atoms with Crippen LogP contribution in [-0.2, 0) is 6.42 Å². The normalized spacial score (nSPS) is 24.3. The van der Waals surface area contributed by atoms with Crippen LogP contribution in [0.4, 0.5) is 0 Å². The van der Waals surface area contributed by atoms with E-state index in [4.69, 9.17) is 4.99 Å². The summed E-state index contributed by atoms with van der Waals surface area (Å²) in [6.07, 6.45) is 7.64. The van der Waals surface area contributed by atoms with Crippen molar-refractivity contribution in [2.45, 2.75) is 95.9 Å². The quantitative estimate of drug-likeness (QED) is 0.157. The van der Waals surface area contributed by atoms with E-state index in [1.165, 1.54) is 125 Å². The van der Waals surface area contributed by atoms with Crippen LogP contribution < -0.4 is 0 Å². The monoisotopic (exact) mass is 840 g/mol. The number of aliphatic imine (C=N–C) groups is 1. The Morgan fingerprint density at radius 3 is 1.94 bits per heavy atom. The standard InChI is InChI=1S/C54H60N6OS/c1-33-35(3)62-54-50(33)52(55-34(2)53-57-56-36(4)60(53)54)43-20-16-40(17-21-43)46-31-59(32-46)28-38-12-10-37(11-13-38)27-58-29-45(30-58)39-14-18-42(19-15-39)51-48(41-8-6-5-7-9-41)24-22-44-26-47(61)23-25-49(44)51/h5-9,14-21,23,25-26,34,37-38,45-46,48,51,61H,10-13,22,24,27-32H2,1-4H3/t34-,37?,38?,48+,51-/m0/s1. The van der Waals surface area contributed by atoms with E-state index >= 15 is 0 Å². The van der Waals surface area contributed by atoms with Gasteiger partial charge in [0.2, 0.25) is 0 Å². The number of phenolic OH excluding ortho intramolecular Hbond substituents is 1. The average Bonchev–Trinajstić information content (AvgIpc) is 3.75. The number of hydrogen-bond acceptors (Lipinski definition) is 7. The summed E-state index contributed by atoms with van der Waals surface area (Å²) in [5, 5.41) is 20.4. The van der Waals surface area contributed by atoms with E-state index in [0.29, 0.717) is 29.4 Å². The Morgan fingerprint density at radius 2 is 1.29 bits per heavy atom. The lowest BCUT2D eigenvalue weighted by Gasteiger charge is -2.44. The van der Waals surface area contributed by atoms with E-state index in [9.17, 15) is 5.11 Å². The highest BCUT2D eigenvalue weighted by Crippen LogP contribution is 2.47. The van der Waals surface area contributed by atoms with Crippen molar-refractivity contribution in [3.63, 3.8) is 0 Å². The van der Waals surface area contributed by atoms with Crippen molar-refractivity contribution in [2.24, 2.45) is 16.8 Å². The minimum absolute atomic E-state index is 0.0579. The molecule has 0 radical (unpaired) electrons. The van der Waals surface area contributed by atoms with Gasteiger partial charge in [-0.15, -0.1) is 21.5 Å². The zero-order valence-electron chi connectivity index (χ0n) is 36.8. The van der Waals surface area contributed by atoms with Crippen molar-refractivity contribution < 1.29 is 5.11 Å². The number of nitrogens with zero attached hydrogens (tertiary/aromatic N) is 6. The summed E-state index contributed by atoms with van der Waals surface area (Å²) in [7, 11) is 0. The Morgan fingerprint density at radius 1 is 0.677 bits per heavy atom. The molecular formula is C54H60N6OS. The fourth-order valence-electron chi connectivity index (χ4n) is 11.8. The number of hydrogen-bond donors (Lipinski definition) is 1. The van der Waals surface area contributed by atoms with Crippen LogP contribution in [0.15, 0.2) is 102 Å². The molecule has 5 aliphatic rings. The van der Waals surface area contributed by atoms with Gasteiger partial charge in [0, 0.05) is 73.0 Å². The van der Waals surface area contributed by atoms with Crippen LogP contribution >= 0.6 is 11.3 Å². The molecule has 318 valence electrons. The molecule has 0 bridgehead atoms. The Balaban J connectivity index is 0.647. The van der Waals surface area contributed by atoms with Gasteiger partial charge in [0.15, 0.2) is 5.82 Å². The molecule has 1 saturated carbocycles. The van der Waals surface area contributed by atoms with Crippen molar-refractivity contribution in [1.29, 1.82) is 0 Å². The summed E-state index contributed by atoms with van der Waals surface area (Å²) in [6, 6.07) is 36.0. The third-order valence-corrected chi connectivity index (χ3v) is 16.7. The van der Waals surface area contributed by atoms with E-state index in [1.807, 2.05) is 30.4 Å². The highest BCUT2D eigenvalue weighted by molar-refractivity contribution is 7.15. The van der Waals surface area contributed by atoms with Crippen molar-refractivity contribution in [1.82, 2.24) is 24.6 Å². The van der Waals surface area contributed by atoms with Crippen molar-refractivity contribution in [3.8, 4) is 10.8 Å². The third kappa shape index (κ3) is 7.36. The lowest BCUT2D eigenvalue weighted by molar-refractivity contribution is 0.0807. The third-order valence-electron chi connectivity index (χ3n) is 15.5. The van der Waals surface area contributed by atoms with Gasteiger partial charge in [-0.2, -0.15) is 0 Å². The number of thiophene rings is 1. The van der Waals surface area contributed by atoms with E-state index in [1.54, 1.807) is 0 Å². The van der Waals surface area contributed by atoms with Crippen molar-refractivity contribution >= 4 is 17.0 Å². The smallest absolute Gasteiger partial charge is 0.162 e. The first-order valence-electron chi connectivity index (χ1n) is 23.4. The molecule has 6 aromatic rings. The Kier molecular flexibility index (Phi) is 10.5. The zero-order valence-corrected chi connectivity index (χ0v) is 37.6.